The summed E-state index contributed by atoms with van der Waals surface area (Å²) in [6.45, 7) is 7.67. The van der Waals surface area contributed by atoms with Gasteiger partial charge in [-0.25, -0.2) is 0 Å². The molecular formula is C12H17BrO3. The highest BCUT2D eigenvalue weighted by Crippen LogP contribution is 2.38. The molecule has 0 saturated heterocycles. The SMILES string of the molecule is CCOc1cc(OCC)c(OCC)cc1Br. The van der Waals surface area contributed by atoms with Crippen LogP contribution in [0.5, 0.6) is 17.2 Å². The minimum Gasteiger partial charge on any atom is -0.493 e. The molecule has 0 atom stereocenters. The van der Waals surface area contributed by atoms with E-state index in [0.29, 0.717) is 19.8 Å². The van der Waals surface area contributed by atoms with E-state index in [4.69, 9.17) is 14.2 Å². The Morgan fingerprint density at radius 2 is 1.25 bits per heavy atom. The second-order valence-electron chi connectivity index (χ2n) is 3.03. The van der Waals surface area contributed by atoms with E-state index in [9.17, 15) is 0 Å². The van der Waals surface area contributed by atoms with Gasteiger partial charge in [0, 0.05) is 12.1 Å². The first-order chi connectivity index (χ1) is 7.72. The fraction of sp³-hybridized carbons (Fsp3) is 0.500. The number of hydrogen-bond donors (Lipinski definition) is 0. The second kappa shape index (κ2) is 6.63. The van der Waals surface area contributed by atoms with Crippen LogP contribution in [-0.2, 0) is 0 Å². The lowest BCUT2D eigenvalue weighted by Gasteiger charge is -2.14. The zero-order valence-electron chi connectivity index (χ0n) is 9.88. The fourth-order valence-electron chi connectivity index (χ4n) is 1.32. The minimum absolute atomic E-state index is 0.604. The van der Waals surface area contributed by atoms with Gasteiger partial charge in [-0.15, -0.1) is 0 Å². The molecule has 0 radical (unpaired) electrons. The summed E-state index contributed by atoms with van der Waals surface area (Å²) in [6.07, 6.45) is 0. The molecule has 0 N–H and O–H groups in total. The first-order valence-electron chi connectivity index (χ1n) is 5.44. The minimum atomic E-state index is 0.604. The maximum atomic E-state index is 5.51. The molecule has 0 saturated carbocycles. The van der Waals surface area contributed by atoms with Crippen molar-refractivity contribution in [3.05, 3.63) is 16.6 Å². The lowest BCUT2D eigenvalue weighted by molar-refractivity contribution is 0.282. The van der Waals surface area contributed by atoms with Crippen molar-refractivity contribution >= 4 is 15.9 Å². The Hall–Kier alpha value is -0.900. The van der Waals surface area contributed by atoms with E-state index >= 15 is 0 Å². The number of ether oxygens (including phenoxy) is 3. The van der Waals surface area contributed by atoms with E-state index in [-0.39, 0.29) is 0 Å². The number of hydrogen-bond acceptors (Lipinski definition) is 3. The molecule has 4 heteroatoms. The summed E-state index contributed by atoms with van der Waals surface area (Å²) in [5.41, 5.74) is 0. The molecule has 3 nitrogen and oxygen atoms in total. The predicted molar refractivity (Wildman–Crippen MR) is 67.6 cm³/mol. The summed E-state index contributed by atoms with van der Waals surface area (Å²) in [7, 11) is 0. The average molecular weight is 289 g/mol. The molecule has 16 heavy (non-hydrogen) atoms. The molecule has 0 fully saturated rings. The van der Waals surface area contributed by atoms with Crippen LogP contribution in [0.4, 0.5) is 0 Å². The quantitative estimate of drug-likeness (QED) is 0.800. The average Bonchev–Trinajstić information content (AvgIpc) is 2.25. The molecule has 0 aromatic heterocycles. The van der Waals surface area contributed by atoms with Gasteiger partial charge in [0.15, 0.2) is 11.5 Å². The van der Waals surface area contributed by atoms with Crippen molar-refractivity contribution in [1.29, 1.82) is 0 Å². The van der Waals surface area contributed by atoms with Crippen LogP contribution in [0, 0.1) is 0 Å². The van der Waals surface area contributed by atoms with E-state index < -0.39 is 0 Å². The van der Waals surface area contributed by atoms with Crippen LogP contribution in [0.3, 0.4) is 0 Å². The number of benzene rings is 1. The van der Waals surface area contributed by atoms with Crippen LogP contribution in [0.1, 0.15) is 20.8 Å². The van der Waals surface area contributed by atoms with Gasteiger partial charge in [-0.2, -0.15) is 0 Å². The van der Waals surface area contributed by atoms with Crippen molar-refractivity contribution in [2.75, 3.05) is 19.8 Å². The Morgan fingerprint density at radius 1 is 0.812 bits per heavy atom. The van der Waals surface area contributed by atoms with E-state index in [0.717, 1.165) is 21.7 Å². The predicted octanol–water partition coefficient (Wildman–Crippen LogP) is 3.65. The molecule has 0 amide bonds. The highest BCUT2D eigenvalue weighted by molar-refractivity contribution is 9.10. The van der Waals surface area contributed by atoms with Gasteiger partial charge in [-0.1, -0.05) is 0 Å². The molecule has 0 aliphatic rings. The van der Waals surface area contributed by atoms with Gasteiger partial charge in [-0.05, 0) is 36.7 Å². The summed E-state index contributed by atoms with van der Waals surface area (Å²) >= 11 is 3.44. The van der Waals surface area contributed by atoms with Crippen molar-refractivity contribution in [3.8, 4) is 17.2 Å². The van der Waals surface area contributed by atoms with Crippen LogP contribution in [0.15, 0.2) is 16.6 Å². The highest BCUT2D eigenvalue weighted by Gasteiger charge is 2.11. The standard InChI is InChI=1S/C12H17BrO3/c1-4-14-10-8-12(16-6-3)11(15-5-2)7-9(10)13/h7-8H,4-6H2,1-3H3. The van der Waals surface area contributed by atoms with E-state index in [1.165, 1.54) is 0 Å². The topological polar surface area (TPSA) is 27.7 Å². The van der Waals surface area contributed by atoms with Gasteiger partial charge >= 0.3 is 0 Å². The molecule has 1 aromatic rings. The maximum Gasteiger partial charge on any atom is 0.164 e. The van der Waals surface area contributed by atoms with Crippen LogP contribution in [0.2, 0.25) is 0 Å². The Balaban J connectivity index is 3.03. The molecular weight excluding hydrogens is 272 g/mol. The Kier molecular flexibility index (Phi) is 5.46. The van der Waals surface area contributed by atoms with Crippen LogP contribution in [0.25, 0.3) is 0 Å². The first-order valence-corrected chi connectivity index (χ1v) is 6.24. The monoisotopic (exact) mass is 288 g/mol. The molecule has 0 aliphatic heterocycles. The highest BCUT2D eigenvalue weighted by atomic mass is 79.9. The van der Waals surface area contributed by atoms with Gasteiger partial charge in [0.1, 0.15) is 5.75 Å². The van der Waals surface area contributed by atoms with Crippen LogP contribution >= 0.6 is 15.9 Å². The first kappa shape index (κ1) is 13.2. The number of halogens is 1. The van der Waals surface area contributed by atoms with E-state index in [1.54, 1.807) is 0 Å². The van der Waals surface area contributed by atoms with Gasteiger partial charge in [-0.3, -0.25) is 0 Å². The summed E-state index contributed by atoms with van der Waals surface area (Å²) in [6, 6.07) is 3.72. The summed E-state index contributed by atoms with van der Waals surface area (Å²) in [5.74, 6) is 2.23. The van der Waals surface area contributed by atoms with Crippen molar-refractivity contribution in [2.24, 2.45) is 0 Å². The summed E-state index contributed by atoms with van der Waals surface area (Å²) in [4.78, 5) is 0. The second-order valence-corrected chi connectivity index (χ2v) is 3.88. The molecule has 0 unspecified atom stereocenters. The van der Waals surface area contributed by atoms with Crippen LogP contribution < -0.4 is 14.2 Å². The fourth-order valence-corrected chi connectivity index (χ4v) is 1.76. The van der Waals surface area contributed by atoms with Gasteiger partial charge in [0.05, 0.1) is 24.3 Å². The summed E-state index contributed by atoms with van der Waals surface area (Å²) < 4.78 is 17.3. The van der Waals surface area contributed by atoms with Crippen molar-refractivity contribution in [3.63, 3.8) is 0 Å². The van der Waals surface area contributed by atoms with Crippen molar-refractivity contribution < 1.29 is 14.2 Å². The Morgan fingerprint density at radius 3 is 1.75 bits per heavy atom. The van der Waals surface area contributed by atoms with Crippen molar-refractivity contribution in [2.45, 2.75) is 20.8 Å². The molecule has 90 valence electrons. The lowest BCUT2D eigenvalue weighted by atomic mass is 10.3. The third-order valence-electron chi connectivity index (χ3n) is 1.90. The van der Waals surface area contributed by atoms with Crippen molar-refractivity contribution in [1.82, 2.24) is 0 Å². The van der Waals surface area contributed by atoms with Gasteiger partial charge in [0.2, 0.25) is 0 Å². The third kappa shape index (κ3) is 3.30. The molecule has 0 aliphatic carbocycles. The lowest BCUT2D eigenvalue weighted by Crippen LogP contribution is -2.00. The molecule has 1 rings (SSSR count). The molecule has 0 bridgehead atoms. The zero-order valence-corrected chi connectivity index (χ0v) is 11.5. The molecule has 0 heterocycles. The number of rotatable bonds is 6. The zero-order chi connectivity index (χ0) is 12.0. The normalized spacial score (nSPS) is 10.0. The molecule has 0 spiro atoms. The van der Waals surface area contributed by atoms with Crippen LogP contribution in [-0.4, -0.2) is 19.8 Å². The Labute approximate surface area is 105 Å². The molecule has 1 aromatic carbocycles. The van der Waals surface area contributed by atoms with E-state index in [1.807, 2.05) is 32.9 Å². The van der Waals surface area contributed by atoms with Gasteiger partial charge in [0.25, 0.3) is 0 Å². The smallest absolute Gasteiger partial charge is 0.164 e. The maximum absolute atomic E-state index is 5.51. The summed E-state index contributed by atoms with van der Waals surface area (Å²) in [5, 5.41) is 0. The third-order valence-corrected chi connectivity index (χ3v) is 2.52. The Bertz CT molecular complexity index is 339. The van der Waals surface area contributed by atoms with E-state index in [2.05, 4.69) is 15.9 Å². The van der Waals surface area contributed by atoms with Gasteiger partial charge < -0.3 is 14.2 Å². The largest absolute Gasteiger partial charge is 0.493 e.